The van der Waals surface area contributed by atoms with Crippen molar-refractivity contribution in [1.29, 1.82) is 0 Å². The fourth-order valence-electron chi connectivity index (χ4n) is 0.781. The molecule has 0 atom stereocenters. The zero-order valence-electron chi connectivity index (χ0n) is 5.97. The first-order valence-electron chi connectivity index (χ1n) is 3.07. The van der Waals surface area contributed by atoms with E-state index in [-0.39, 0.29) is 11.3 Å². The first-order chi connectivity index (χ1) is 5.54. The molecule has 1 aromatic rings. The van der Waals surface area contributed by atoms with Gasteiger partial charge in [0.2, 0.25) is 0 Å². The van der Waals surface area contributed by atoms with Crippen LogP contribution in [0.1, 0.15) is 10.4 Å². The van der Waals surface area contributed by atoms with Gasteiger partial charge in [-0.1, -0.05) is 11.6 Å². The number of anilines is 1. The van der Waals surface area contributed by atoms with Crippen LogP contribution in [0.25, 0.3) is 0 Å². The molecule has 1 amide bonds. The van der Waals surface area contributed by atoms with Gasteiger partial charge in [-0.25, -0.2) is 0 Å². The van der Waals surface area contributed by atoms with Gasteiger partial charge in [-0.3, -0.25) is 4.79 Å². The highest BCUT2D eigenvalue weighted by Gasteiger charge is 2.10. The lowest BCUT2D eigenvalue weighted by Gasteiger charge is -2.04. The maximum absolute atomic E-state index is 10.8. The third-order valence-electron chi connectivity index (χ3n) is 1.40. The average Bonchev–Trinajstić information content (AvgIpc) is 2.00. The predicted octanol–water partition coefficient (Wildman–Crippen LogP) is 1.78. The van der Waals surface area contributed by atoms with E-state index in [1.54, 1.807) is 6.07 Å². The normalized spacial score (nSPS) is 9.83. The van der Waals surface area contributed by atoms with Crippen LogP contribution in [0.4, 0.5) is 5.69 Å². The van der Waals surface area contributed by atoms with E-state index in [0.717, 1.165) is 0 Å². The Bertz CT molecular complexity index is 340. The van der Waals surface area contributed by atoms with Crippen LogP contribution in [0.3, 0.4) is 0 Å². The van der Waals surface area contributed by atoms with Gasteiger partial charge in [0.1, 0.15) is 0 Å². The summed E-state index contributed by atoms with van der Waals surface area (Å²) in [5.74, 6) is -0.582. The monoisotopic (exact) mass is 248 g/mol. The highest BCUT2D eigenvalue weighted by atomic mass is 79.9. The Morgan fingerprint density at radius 3 is 2.58 bits per heavy atom. The lowest BCUT2D eigenvalue weighted by Crippen LogP contribution is -2.13. The van der Waals surface area contributed by atoms with E-state index >= 15 is 0 Å². The second kappa shape index (κ2) is 3.33. The third-order valence-corrected chi connectivity index (χ3v) is 2.69. The minimum atomic E-state index is -0.582. The smallest absolute Gasteiger partial charge is 0.250 e. The maximum atomic E-state index is 10.8. The Labute approximate surface area is 82.8 Å². The molecule has 5 heteroatoms. The van der Waals surface area contributed by atoms with Crippen LogP contribution in [0.5, 0.6) is 0 Å². The second-order valence-corrected chi connectivity index (χ2v) is 3.42. The molecule has 0 saturated heterocycles. The van der Waals surface area contributed by atoms with E-state index in [1.807, 2.05) is 0 Å². The van der Waals surface area contributed by atoms with Crippen molar-refractivity contribution in [3.05, 3.63) is 27.2 Å². The lowest BCUT2D eigenvalue weighted by molar-refractivity contribution is 0.100. The molecule has 0 aromatic heterocycles. The highest BCUT2D eigenvalue weighted by molar-refractivity contribution is 9.10. The third kappa shape index (κ3) is 1.54. The van der Waals surface area contributed by atoms with E-state index in [2.05, 4.69) is 15.9 Å². The summed E-state index contributed by atoms with van der Waals surface area (Å²) in [4.78, 5) is 10.8. The van der Waals surface area contributed by atoms with Crippen LogP contribution in [0.15, 0.2) is 16.6 Å². The Morgan fingerprint density at radius 1 is 1.50 bits per heavy atom. The number of hydrogen-bond acceptors (Lipinski definition) is 2. The molecule has 0 heterocycles. The highest BCUT2D eigenvalue weighted by Crippen LogP contribution is 2.30. The summed E-state index contributed by atoms with van der Waals surface area (Å²) >= 11 is 8.91. The van der Waals surface area contributed by atoms with Crippen LogP contribution in [-0.2, 0) is 0 Å². The molecule has 0 aliphatic heterocycles. The molecule has 0 radical (unpaired) electrons. The zero-order chi connectivity index (χ0) is 9.30. The average molecular weight is 249 g/mol. The number of halogens is 2. The summed E-state index contributed by atoms with van der Waals surface area (Å²) in [7, 11) is 0. The largest absolute Gasteiger partial charge is 0.397 e. The lowest BCUT2D eigenvalue weighted by atomic mass is 10.2. The summed E-state index contributed by atoms with van der Waals surface area (Å²) in [6, 6.07) is 3.15. The Kier molecular flexibility index (Phi) is 2.59. The number of amides is 1. The molecular formula is C7H6BrClN2O. The molecular weight excluding hydrogens is 243 g/mol. The fourth-order valence-corrected chi connectivity index (χ4v) is 1.29. The van der Waals surface area contributed by atoms with Crippen molar-refractivity contribution in [1.82, 2.24) is 0 Å². The number of hydrogen-bond donors (Lipinski definition) is 2. The number of carbonyl (C=O) groups excluding carboxylic acids is 1. The van der Waals surface area contributed by atoms with E-state index in [9.17, 15) is 4.79 Å². The van der Waals surface area contributed by atoms with E-state index in [0.29, 0.717) is 9.50 Å². The van der Waals surface area contributed by atoms with Gasteiger partial charge in [-0.15, -0.1) is 0 Å². The van der Waals surface area contributed by atoms with Crippen LogP contribution in [0.2, 0.25) is 5.02 Å². The first kappa shape index (κ1) is 9.35. The molecule has 0 aliphatic rings. The van der Waals surface area contributed by atoms with E-state index in [4.69, 9.17) is 23.1 Å². The quantitative estimate of drug-likeness (QED) is 0.745. The van der Waals surface area contributed by atoms with Crippen LogP contribution in [0, 0.1) is 0 Å². The topological polar surface area (TPSA) is 69.1 Å². The van der Waals surface area contributed by atoms with Crippen LogP contribution >= 0.6 is 27.5 Å². The van der Waals surface area contributed by atoms with Crippen molar-refractivity contribution >= 4 is 39.1 Å². The molecule has 0 fully saturated rings. The first-order valence-corrected chi connectivity index (χ1v) is 4.24. The van der Waals surface area contributed by atoms with Crippen molar-refractivity contribution in [2.45, 2.75) is 0 Å². The minimum absolute atomic E-state index is 0.207. The van der Waals surface area contributed by atoms with E-state index in [1.165, 1.54) is 6.07 Å². The van der Waals surface area contributed by atoms with Gasteiger partial charge >= 0.3 is 0 Å². The molecule has 0 unspecified atom stereocenters. The van der Waals surface area contributed by atoms with Crippen LogP contribution in [-0.4, -0.2) is 5.91 Å². The summed E-state index contributed by atoms with van der Waals surface area (Å²) < 4.78 is 0.645. The van der Waals surface area contributed by atoms with Gasteiger partial charge in [0.05, 0.1) is 16.3 Å². The molecule has 4 N–H and O–H groups in total. The number of benzene rings is 1. The molecule has 0 spiro atoms. The molecule has 1 rings (SSSR count). The standard InChI is InChI=1S/C7H6BrClN2O/c8-4-2-1-3(7(11)12)6(10)5(4)9/h1-2H,10H2,(H2,11,12). The molecule has 12 heavy (non-hydrogen) atoms. The second-order valence-electron chi connectivity index (χ2n) is 2.19. The molecule has 0 saturated carbocycles. The molecule has 64 valence electrons. The van der Waals surface area contributed by atoms with Gasteiger partial charge in [-0.2, -0.15) is 0 Å². The Morgan fingerprint density at radius 2 is 2.08 bits per heavy atom. The number of rotatable bonds is 1. The minimum Gasteiger partial charge on any atom is -0.397 e. The Hall–Kier alpha value is -0.740. The summed E-state index contributed by atoms with van der Waals surface area (Å²) in [5.41, 5.74) is 11.0. The Balaban J connectivity index is 3.36. The molecule has 1 aromatic carbocycles. The summed E-state index contributed by atoms with van der Waals surface area (Å²) in [5, 5.41) is 0.311. The van der Waals surface area contributed by atoms with E-state index < -0.39 is 5.91 Å². The molecule has 0 aliphatic carbocycles. The van der Waals surface area contributed by atoms with Gasteiger partial charge in [-0.05, 0) is 28.1 Å². The van der Waals surface area contributed by atoms with Gasteiger partial charge in [0, 0.05) is 4.47 Å². The SMILES string of the molecule is NC(=O)c1ccc(Br)c(Cl)c1N. The van der Waals surface area contributed by atoms with Crippen molar-refractivity contribution in [3.63, 3.8) is 0 Å². The van der Waals surface area contributed by atoms with Crippen molar-refractivity contribution < 1.29 is 4.79 Å². The molecule has 3 nitrogen and oxygen atoms in total. The number of primary amides is 1. The fraction of sp³-hybridized carbons (Fsp3) is 0. The zero-order valence-corrected chi connectivity index (χ0v) is 8.32. The number of nitrogens with two attached hydrogens (primary N) is 2. The summed E-state index contributed by atoms with van der Waals surface area (Å²) in [6.07, 6.45) is 0. The van der Waals surface area contributed by atoms with Gasteiger partial charge in [0.25, 0.3) is 5.91 Å². The van der Waals surface area contributed by atoms with Crippen molar-refractivity contribution in [2.75, 3.05) is 5.73 Å². The van der Waals surface area contributed by atoms with Gasteiger partial charge < -0.3 is 11.5 Å². The number of nitrogen functional groups attached to an aromatic ring is 1. The summed E-state index contributed by atoms with van der Waals surface area (Å²) in [6.45, 7) is 0. The van der Waals surface area contributed by atoms with Crippen molar-refractivity contribution in [3.8, 4) is 0 Å². The maximum Gasteiger partial charge on any atom is 0.250 e. The van der Waals surface area contributed by atoms with Gasteiger partial charge in [0.15, 0.2) is 0 Å². The molecule has 0 bridgehead atoms. The predicted molar refractivity (Wildman–Crippen MR) is 52.1 cm³/mol. The number of carbonyl (C=O) groups is 1. The van der Waals surface area contributed by atoms with Crippen LogP contribution < -0.4 is 11.5 Å². The van der Waals surface area contributed by atoms with Crippen molar-refractivity contribution in [2.24, 2.45) is 5.73 Å².